The van der Waals surface area contributed by atoms with Crippen LogP contribution in [0.4, 0.5) is 51.2 Å². The van der Waals surface area contributed by atoms with Gasteiger partial charge < -0.3 is 23.8 Å². The molecule has 0 saturated heterocycles. The summed E-state index contributed by atoms with van der Waals surface area (Å²) >= 11 is 3.67. The minimum absolute atomic E-state index is 0.804. The Morgan fingerprint density at radius 3 is 0.972 bits per heavy atom. The zero-order chi connectivity index (χ0) is 69.8. The van der Waals surface area contributed by atoms with Crippen molar-refractivity contribution in [3.05, 3.63) is 417 Å². The van der Waals surface area contributed by atoms with Crippen LogP contribution in [0, 0.1) is 0 Å². The Morgan fingerprint density at radius 1 is 0.217 bits per heavy atom. The molecule has 0 radical (unpaired) electrons. The molecule has 0 fully saturated rings. The first-order valence-corrected chi connectivity index (χ1v) is 37.8. The van der Waals surface area contributed by atoms with E-state index in [1.54, 1.807) is 0 Å². The van der Waals surface area contributed by atoms with Crippen LogP contribution in [0.25, 0.3) is 108 Å². The van der Waals surface area contributed by atoms with Gasteiger partial charge in [-0.2, -0.15) is 0 Å². The van der Waals surface area contributed by atoms with E-state index in [2.05, 4.69) is 418 Å². The van der Waals surface area contributed by atoms with Gasteiger partial charge in [0.25, 0.3) is 0 Å². The molecule has 0 unspecified atom stereocenters. The highest BCUT2D eigenvalue weighted by Crippen LogP contribution is 2.65. The minimum Gasteiger partial charge on any atom is -0.310 e. The SMILES string of the molecule is c1ccc(-c2ccc(-c3ccc(-n4c5ccccc5c5cc(N(c6ccccc6)c6ccc7c(c6)C6(c8cc(N(c9ccccc9)c9ccc%10c(c9)c9ccccc9n%10-c9ccc(-c%10ccc(-c%11ccccc%11)s%10)cc9)ccc8-7)c7ccccc7N(c7ccccc7)c7ccccc76)ccc54)cc3)s2)cc1. The molecular weight excluding hydrogens is 1320 g/mol. The fourth-order valence-electron chi connectivity index (χ4n) is 17.1. The number of para-hydroxylation sites is 7. The third-order valence-electron chi connectivity index (χ3n) is 21.7. The molecule has 106 heavy (non-hydrogen) atoms. The fourth-order valence-corrected chi connectivity index (χ4v) is 19.1. The summed E-state index contributed by atoms with van der Waals surface area (Å²) in [6.07, 6.45) is 0. The molecule has 0 saturated carbocycles. The largest absolute Gasteiger partial charge is 0.310 e. The molecule has 5 heterocycles. The maximum Gasteiger partial charge on any atom is 0.0755 e. The molecule has 498 valence electrons. The van der Waals surface area contributed by atoms with Gasteiger partial charge in [-0.3, -0.25) is 0 Å². The Morgan fingerprint density at radius 2 is 0.547 bits per heavy atom. The zero-order valence-corrected chi connectivity index (χ0v) is 59.2. The Labute approximate surface area is 623 Å². The molecule has 19 aromatic rings. The Bertz CT molecular complexity index is 6190. The van der Waals surface area contributed by atoms with Crippen molar-refractivity contribution in [3.63, 3.8) is 0 Å². The van der Waals surface area contributed by atoms with Gasteiger partial charge in [-0.25, -0.2) is 0 Å². The van der Waals surface area contributed by atoms with Crippen LogP contribution in [0.3, 0.4) is 0 Å². The fraction of sp³-hybridized carbons (Fsp3) is 0.0101. The Kier molecular flexibility index (Phi) is 14.5. The summed E-state index contributed by atoms with van der Waals surface area (Å²) in [6, 6.07) is 146. The van der Waals surface area contributed by atoms with E-state index in [1.165, 1.54) is 96.7 Å². The van der Waals surface area contributed by atoms with E-state index in [4.69, 9.17) is 0 Å². The van der Waals surface area contributed by atoms with E-state index < -0.39 is 5.41 Å². The molecule has 0 N–H and O–H groups in total. The number of nitrogens with zero attached hydrogens (tertiary/aromatic N) is 5. The van der Waals surface area contributed by atoms with Gasteiger partial charge in [0.1, 0.15) is 0 Å². The van der Waals surface area contributed by atoms with Gasteiger partial charge >= 0.3 is 0 Å². The van der Waals surface area contributed by atoms with Crippen molar-refractivity contribution in [2.75, 3.05) is 14.7 Å². The smallest absolute Gasteiger partial charge is 0.0755 e. The summed E-state index contributed by atoms with van der Waals surface area (Å²) in [5.41, 5.74) is 28.1. The molecule has 21 rings (SSSR count). The number of rotatable bonds is 13. The lowest BCUT2D eigenvalue weighted by Crippen LogP contribution is -2.36. The van der Waals surface area contributed by atoms with E-state index in [9.17, 15) is 0 Å². The summed E-state index contributed by atoms with van der Waals surface area (Å²) in [7, 11) is 0. The first-order valence-electron chi connectivity index (χ1n) is 36.2. The number of hydrogen-bond donors (Lipinski definition) is 0. The highest BCUT2D eigenvalue weighted by Gasteiger charge is 2.52. The third kappa shape index (κ3) is 9.81. The second-order valence-electron chi connectivity index (χ2n) is 27.5. The number of aromatic nitrogens is 2. The van der Waals surface area contributed by atoms with Gasteiger partial charge in [0.05, 0.1) is 38.9 Å². The van der Waals surface area contributed by atoms with Crippen LogP contribution in [0.5, 0.6) is 0 Å². The summed E-state index contributed by atoms with van der Waals surface area (Å²) in [5, 5.41) is 4.77. The van der Waals surface area contributed by atoms with Crippen molar-refractivity contribution in [3.8, 4) is 64.3 Å². The first-order chi connectivity index (χ1) is 52.6. The molecule has 4 aromatic heterocycles. The molecule has 1 aliphatic heterocycles. The van der Waals surface area contributed by atoms with Crippen molar-refractivity contribution in [2.45, 2.75) is 5.41 Å². The number of fused-ring (bicyclic) bond motifs is 15. The van der Waals surface area contributed by atoms with E-state index in [0.29, 0.717) is 0 Å². The van der Waals surface area contributed by atoms with Gasteiger partial charge in [-0.05, 0) is 225 Å². The van der Waals surface area contributed by atoms with Crippen molar-refractivity contribution < 1.29 is 0 Å². The van der Waals surface area contributed by atoms with Crippen molar-refractivity contribution >= 4 is 117 Å². The van der Waals surface area contributed by atoms with Crippen molar-refractivity contribution in [1.29, 1.82) is 0 Å². The predicted octanol–water partition coefficient (Wildman–Crippen LogP) is 27.8. The van der Waals surface area contributed by atoms with Gasteiger partial charge in [-0.15, -0.1) is 22.7 Å². The van der Waals surface area contributed by atoms with E-state index in [1.807, 2.05) is 22.7 Å². The lowest BCUT2D eigenvalue weighted by molar-refractivity contribution is 0.752. The molecule has 5 nitrogen and oxygen atoms in total. The topological polar surface area (TPSA) is 19.6 Å². The van der Waals surface area contributed by atoms with Crippen LogP contribution in [0.1, 0.15) is 22.3 Å². The minimum atomic E-state index is -0.804. The number of hydrogen-bond acceptors (Lipinski definition) is 5. The number of thiophene rings is 2. The summed E-state index contributed by atoms with van der Waals surface area (Å²) in [4.78, 5) is 12.5. The van der Waals surface area contributed by atoms with Crippen molar-refractivity contribution in [1.82, 2.24) is 9.13 Å². The molecule has 0 bridgehead atoms. The van der Waals surface area contributed by atoms with Gasteiger partial charge in [-0.1, -0.05) is 224 Å². The standard InChI is InChI=1S/C99H65N5S2/c1-6-24-66(25-7-1)95-58-60-97(105-95)68-42-46-73(47-43-68)102-89-38-20-16-34-81(89)83-62-75(52-56-91(83)102)100(70-28-10-3-11-29-70)77-50-54-79-80-55-51-78(65-88(80)99(87(79)64-77)85-36-18-22-40-93(85)104(72-32-14-5-15-33-72)94-41-23-19-37-86(94)99)101(71-30-12-4-13-31-71)76-53-57-92-84(63-76)82-35-17-21-39-90(82)103(92)74-48-44-69(45-49-74)98-61-59-96(106-98)67-26-8-2-9-27-67/h1-65H. The maximum absolute atomic E-state index is 2.52. The lowest BCUT2D eigenvalue weighted by atomic mass is 9.64. The summed E-state index contributed by atoms with van der Waals surface area (Å²) < 4.78 is 4.86. The summed E-state index contributed by atoms with van der Waals surface area (Å²) in [6.45, 7) is 0. The average Bonchev–Trinajstić information content (AvgIpc) is 1.46. The van der Waals surface area contributed by atoms with Gasteiger partial charge in [0.2, 0.25) is 0 Å². The quantitative estimate of drug-likeness (QED) is 0.115. The Hall–Kier alpha value is -13.3. The molecule has 0 atom stereocenters. The molecule has 2 aliphatic rings. The highest BCUT2D eigenvalue weighted by molar-refractivity contribution is 7.19. The predicted molar refractivity (Wildman–Crippen MR) is 448 cm³/mol. The van der Waals surface area contributed by atoms with E-state index >= 15 is 0 Å². The molecule has 7 heteroatoms. The molecule has 1 aliphatic carbocycles. The van der Waals surface area contributed by atoms with Crippen LogP contribution < -0.4 is 14.7 Å². The van der Waals surface area contributed by atoms with Crippen LogP contribution in [0.15, 0.2) is 394 Å². The first kappa shape index (κ1) is 61.4. The Balaban J connectivity index is 0.719. The van der Waals surface area contributed by atoms with Gasteiger partial charge in [0.15, 0.2) is 0 Å². The normalized spacial score (nSPS) is 12.6. The zero-order valence-electron chi connectivity index (χ0n) is 57.6. The lowest BCUT2D eigenvalue weighted by Gasteiger charge is -2.45. The third-order valence-corrected chi connectivity index (χ3v) is 24.1. The van der Waals surface area contributed by atoms with E-state index in [-0.39, 0.29) is 0 Å². The number of benzene rings is 15. The highest BCUT2D eigenvalue weighted by atomic mass is 32.1. The van der Waals surface area contributed by atoms with Crippen molar-refractivity contribution in [2.24, 2.45) is 0 Å². The number of anilines is 9. The van der Waals surface area contributed by atoms with E-state index in [0.717, 1.165) is 84.6 Å². The van der Waals surface area contributed by atoms with Crippen LogP contribution in [-0.4, -0.2) is 9.13 Å². The molecule has 0 amide bonds. The monoisotopic (exact) mass is 1390 g/mol. The average molecular weight is 1390 g/mol. The molecular formula is C99H65N5S2. The second-order valence-corrected chi connectivity index (χ2v) is 29.7. The van der Waals surface area contributed by atoms with Crippen LogP contribution >= 0.6 is 22.7 Å². The second kappa shape index (κ2) is 25.0. The molecule has 15 aromatic carbocycles. The van der Waals surface area contributed by atoms with Gasteiger partial charge in [0, 0.05) is 92.2 Å². The summed E-state index contributed by atoms with van der Waals surface area (Å²) in [5.74, 6) is 0. The van der Waals surface area contributed by atoms with Crippen LogP contribution in [-0.2, 0) is 5.41 Å². The maximum atomic E-state index is 2.52. The molecule has 1 spiro atoms. The van der Waals surface area contributed by atoms with Crippen LogP contribution in [0.2, 0.25) is 0 Å².